The zero-order valence-corrected chi connectivity index (χ0v) is 14.5. The minimum absolute atomic E-state index is 0.0137. The Balaban J connectivity index is 1.37. The van der Waals surface area contributed by atoms with Crippen LogP contribution in [0, 0.1) is 0 Å². The molecule has 0 bridgehead atoms. The monoisotopic (exact) mass is 358 g/mol. The van der Waals surface area contributed by atoms with Gasteiger partial charge in [-0.15, -0.1) is 0 Å². The van der Waals surface area contributed by atoms with Gasteiger partial charge in [-0.1, -0.05) is 29.8 Å². The molecule has 0 unspecified atom stereocenters. The number of nitrogens with zero attached hydrogens (tertiary/aromatic N) is 2. The Hall–Kier alpha value is -2.40. The van der Waals surface area contributed by atoms with Crippen LogP contribution in [0.5, 0.6) is 11.5 Å². The van der Waals surface area contributed by atoms with Crippen LogP contribution < -0.4 is 14.4 Å². The fourth-order valence-electron chi connectivity index (χ4n) is 3.20. The molecule has 0 aliphatic carbocycles. The molecular formula is C19H19ClN2O3. The molecule has 0 N–H and O–H groups in total. The summed E-state index contributed by atoms with van der Waals surface area (Å²) in [7, 11) is 0. The van der Waals surface area contributed by atoms with E-state index in [2.05, 4.69) is 4.90 Å². The maximum atomic E-state index is 12.7. The molecule has 1 atom stereocenters. The van der Waals surface area contributed by atoms with E-state index in [0.717, 1.165) is 23.8 Å². The second kappa shape index (κ2) is 6.84. The van der Waals surface area contributed by atoms with Crippen LogP contribution >= 0.6 is 11.6 Å². The third-order valence-electron chi connectivity index (χ3n) is 4.55. The lowest BCUT2D eigenvalue weighted by Crippen LogP contribution is -2.54. The maximum Gasteiger partial charge on any atom is 0.267 e. The van der Waals surface area contributed by atoms with E-state index in [1.165, 1.54) is 0 Å². The van der Waals surface area contributed by atoms with Gasteiger partial charge in [-0.25, -0.2) is 0 Å². The Labute approximate surface area is 151 Å². The summed E-state index contributed by atoms with van der Waals surface area (Å²) in [6, 6.07) is 15.2. The molecule has 0 spiro atoms. The quantitative estimate of drug-likeness (QED) is 0.828. The van der Waals surface area contributed by atoms with E-state index in [-0.39, 0.29) is 12.5 Å². The number of carbonyl (C=O) groups is 1. The Kier molecular flexibility index (Phi) is 4.40. The lowest BCUT2D eigenvalue weighted by Gasteiger charge is -2.38. The van der Waals surface area contributed by atoms with E-state index in [1.54, 1.807) is 0 Å². The van der Waals surface area contributed by atoms with Crippen molar-refractivity contribution in [3.63, 3.8) is 0 Å². The molecule has 0 saturated carbocycles. The first-order valence-electron chi connectivity index (χ1n) is 8.38. The smallest absolute Gasteiger partial charge is 0.267 e. The number of hydrogen-bond acceptors (Lipinski definition) is 4. The van der Waals surface area contributed by atoms with Crippen molar-refractivity contribution in [2.75, 3.05) is 37.7 Å². The second-order valence-corrected chi connectivity index (χ2v) is 6.59. The number of para-hydroxylation sites is 2. The Morgan fingerprint density at radius 3 is 2.52 bits per heavy atom. The van der Waals surface area contributed by atoms with E-state index in [0.29, 0.717) is 24.6 Å². The number of amides is 1. The molecule has 2 aromatic carbocycles. The number of anilines is 1. The predicted molar refractivity (Wildman–Crippen MR) is 96.6 cm³/mol. The summed E-state index contributed by atoms with van der Waals surface area (Å²) in [5.74, 6) is 1.31. The molecule has 6 heteroatoms. The third kappa shape index (κ3) is 3.37. The van der Waals surface area contributed by atoms with E-state index >= 15 is 0 Å². The number of piperazine rings is 1. The van der Waals surface area contributed by atoms with Gasteiger partial charge in [0.2, 0.25) is 6.10 Å². The Morgan fingerprint density at radius 1 is 1.00 bits per heavy atom. The van der Waals surface area contributed by atoms with Crippen molar-refractivity contribution < 1.29 is 14.3 Å². The first kappa shape index (κ1) is 16.1. The molecule has 2 heterocycles. The third-order valence-corrected chi connectivity index (χ3v) is 4.78. The van der Waals surface area contributed by atoms with Gasteiger partial charge in [-0.3, -0.25) is 4.79 Å². The van der Waals surface area contributed by atoms with Crippen molar-refractivity contribution in [1.82, 2.24) is 4.90 Å². The summed E-state index contributed by atoms with van der Waals surface area (Å²) >= 11 is 6.06. The highest BCUT2D eigenvalue weighted by Crippen LogP contribution is 2.31. The summed E-state index contributed by atoms with van der Waals surface area (Å²) in [6.45, 7) is 3.12. The summed E-state index contributed by atoms with van der Waals surface area (Å²) in [5, 5.41) is 0.724. The number of fused-ring (bicyclic) bond motifs is 1. The van der Waals surface area contributed by atoms with Gasteiger partial charge in [0.1, 0.15) is 6.61 Å². The molecule has 0 radical (unpaired) electrons. The second-order valence-electron chi connectivity index (χ2n) is 6.16. The van der Waals surface area contributed by atoms with Gasteiger partial charge in [0, 0.05) is 36.9 Å². The van der Waals surface area contributed by atoms with Crippen molar-refractivity contribution in [3.05, 3.63) is 53.6 Å². The summed E-state index contributed by atoms with van der Waals surface area (Å²) in [6.07, 6.45) is -0.576. The largest absolute Gasteiger partial charge is 0.485 e. The SMILES string of the molecule is O=C([C@H]1COc2ccccc2O1)N1CCN(c2cccc(Cl)c2)CC1. The number of halogens is 1. The van der Waals surface area contributed by atoms with Crippen LogP contribution in [0.25, 0.3) is 0 Å². The van der Waals surface area contributed by atoms with E-state index < -0.39 is 6.10 Å². The molecule has 25 heavy (non-hydrogen) atoms. The average Bonchev–Trinajstić information content (AvgIpc) is 2.67. The number of hydrogen-bond donors (Lipinski definition) is 0. The molecule has 130 valence electrons. The zero-order valence-electron chi connectivity index (χ0n) is 13.7. The molecule has 4 rings (SSSR count). The van der Waals surface area contributed by atoms with E-state index in [1.807, 2.05) is 53.4 Å². The van der Waals surface area contributed by atoms with Gasteiger partial charge >= 0.3 is 0 Å². The first-order chi connectivity index (χ1) is 12.2. The summed E-state index contributed by atoms with van der Waals surface area (Å²) < 4.78 is 11.5. The summed E-state index contributed by atoms with van der Waals surface area (Å²) in [4.78, 5) is 16.8. The summed E-state index contributed by atoms with van der Waals surface area (Å²) in [5.41, 5.74) is 1.09. The van der Waals surface area contributed by atoms with Crippen molar-refractivity contribution in [2.24, 2.45) is 0 Å². The zero-order chi connectivity index (χ0) is 17.2. The number of rotatable bonds is 2. The molecule has 2 aliphatic heterocycles. The Bertz CT molecular complexity index is 775. The van der Waals surface area contributed by atoms with Crippen LogP contribution in [0.2, 0.25) is 5.02 Å². The fourth-order valence-corrected chi connectivity index (χ4v) is 3.39. The molecule has 5 nitrogen and oxygen atoms in total. The molecule has 0 aromatic heterocycles. The molecule has 1 saturated heterocycles. The van der Waals surface area contributed by atoms with Crippen LogP contribution in [-0.4, -0.2) is 49.7 Å². The average molecular weight is 359 g/mol. The normalized spacial score (nSPS) is 19.6. The van der Waals surface area contributed by atoms with Crippen LogP contribution in [0.1, 0.15) is 0 Å². The van der Waals surface area contributed by atoms with Crippen LogP contribution in [0.4, 0.5) is 5.69 Å². The highest BCUT2D eigenvalue weighted by Gasteiger charge is 2.32. The minimum atomic E-state index is -0.576. The predicted octanol–water partition coefficient (Wildman–Crippen LogP) is 2.83. The van der Waals surface area contributed by atoms with Crippen LogP contribution in [0.3, 0.4) is 0 Å². The highest BCUT2D eigenvalue weighted by molar-refractivity contribution is 6.30. The highest BCUT2D eigenvalue weighted by atomic mass is 35.5. The molecule has 1 amide bonds. The number of benzene rings is 2. The topological polar surface area (TPSA) is 42.0 Å². The van der Waals surface area contributed by atoms with Crippen molar-refractivity contribution >= 4 is 23.2 Å². The van der Waals surface area contributed by atoms with Gasteiger partial charge in [0.15, 0.2) is 11.5 Å². The van der Waals surface area contributed by atoms with E-state index in [4.69, 9.17) is 21.1 Å². The van der Waals surface area contributed by atoms with Crippen LogP contribution in [-0.2, 0) is 4.79 Å². The van der Waals surface area contributed by atoms with E-state index in [9.17, 15) is 4.79 Å². The number of carbonyl (C=O) groups excluding carboxylic acids is 1. The van der Waals surface area contributed by atoms with Crippen LogP contribution in [0.15, 0.2) is 48.5 Å². The fraction of sp³-hybridized carbons (Fsp3) is 0.316. The van der Waals surface area contributed by atoms with Gasteiger partial charge in [-0.05, 0) is 30.3 Å². The minimum Gasteiger partial charge on any atom is -0.485 e. The maximum absolute atomic E-state index is 12.7. The van der Waals surface area contributed by atoms with Crippen molar-refractivity contribution in [3.8, 4) is 11.5 Å². The molecular weight excluding hydrogens is 340 g/mol. The Morgan fingerprint density at radius 2 is 1.76 bits per heavy atom. The van der Waals surface area contributed by atoms with Gasteiger partial charge in [0.05, 0.1) is 0 Å². The van der Waals surface area contributed by atoms with Gasteiger partial charge < -0.3 is 19.3 Å². The van der Waals surface area contributed by atoms with Crippen molar-refractivity contribution in [1.29, 1.82) is 0 Å². The molecule has 2 aliphatic rings. The number of ether oxygens (including phenoxy) is 2. The lowest BCUT2D eigenvalue weighted by atomic mass is 10.2. The molecule has 2 aromatic rings. The van der Waals surface area contributed by atoms with Crippen molar-refractivity contribution in [2.45, 2.75) is 6.10 Å². The van der Waals surface area contributed by atoms with Gasteiger partial charge in [0.25, 0.3) is 5.91 Å². The molecule has 1 fully saturated rings. The standard InChI is InChI=1S/C19H19ClN2O3/c20-14-4-3-5-15(12-14)21-8-10-22(11-9-21)19(23)18-13-24-16-6-1-2-7-17(16)25-18/h1-7,12,18H,8-11,13H2/t18-/m1/s1. The lowest BCUT2D eigenvalue weighted by molar-refractivity contribution is -0.141. The van der Waals surface area contributed by atoms with Gasteiger partial charge in [-0.2, -0.15) is 0 Å². The first-order valence-corrected chi connectivity index (χ1v) is 8.76.